The van der Waals surface area contributed by atoms with Gasteiger partial charge in [0.1, 0.15) is 0 Å². The van der Waals surface area contributed by atoms with Crippen molar-refractivity contribution in [2.45, 2.75) is 6.29 Å². The van der Waals surface area contributed by atoms with Gasteiger partial charge in [-0.05, 0) is 0 Å². The summed E-state index contributed by atoms with van der Waals surface area (Å²) in [7, 11) is -2.48. The van der Waals surface area contributed by atoms with Gasteiger partial charge in [0.2, 0.25) is 6.29 Å². The SMILES string of the molecule is COCC(OC)OS(=O)(=O)F. The average Bonchev–Trinajstić information content (AvgIpc) is 1.84. The van der Waals surface area contributed by atoms with Gasteiger partial charge in [0.25, 0.3) is 0 Å². The summed E-state index contributed by atoms with van der Waals surface area (Å²) in [6, 6.07) is 0. The topological polar surface area (TPSA) is 61.8 Å². The average molecular weight is 188 g/mol. The molecule has 0 fully saturated rings. The molecule has 0 saturated carbocycles. The van der Waals surface area contributed by atoms with Crippen LogP contribution in [-0.2, 0) is 24.2 Å². The van der Waals surface area contributed by atoms with Crippen molar-refractivity contribution in [3.63, 3.8) is 0 Å². The van der Waals surface area contributed by atoms with E-state index in [9.17, 15) is 12.3 Å². The van der Waals surface area contributed by atoms with E-state index in [0.717, 1.165) is 0 Å². The van der Waals surface area contributed by atoms with Gasteiger partial charge < -0.3 is 9.47 Å². The Bertz CT molecular complexity index is 189. The van der Waals surface area contributed by atoms with E-state index in [1.807, 2.05) is 0 Å². The van der Waals surface area contributed by atoms with Gasteiger partial charge in [-0.15, -0.1) is 0 Å². The zero-order chi connectivity index (χ0) is 8.91. The number of halogens is 1. The van der Waals surface area contributed by atoms with Crippen molar-refractivity contribution in [2.24, 2.45) is 0 Å². The van der Waals surface area contributed by atoms with Crippen LogP contribution in [0.15, 0.2) is 0 Å². The maximum absolute atomic E-state index is 11.8. The van der Waals surface area contributed by atoms with E-state index in [0.29, 0.717) is 0 Å². The molecular weight excluding hydrogens is 179 g/mol. The molecule has 0 radical (unpaired) electrons. The third-order valence-electron chi connectivity index (χ3n) is 0.788. The number of ether oxygens (including phenoxy) is 2. The molecule has 0 aromatic heterocycles. The number of rotatable bonds is 5. The van der Waals surface area contributed by atoms with E-state index in [4.69, 9.17) is 0 Å². The molecule has 0 aromatic rings. The summed E-state index contributed by atoms with van der Waals surface area (Å²) >= 11 is 0. The Kier molecular flexibility index (Phi) is 4.50. The second-order valence-corrected chi connectivity index (χ2v) is 2.59. The third kappa shape index (κ3) is 6.17. The van der Waals surface area contributed by atoms with Crippen molar-refractivity contribution < 1.29 is 26.0 Å². The molecule has 0 rings (SSSR count). The molecule has 0 aliphatic carbocycles. The fourth-order valence-corrected chi connectivity index (χ4v) is 0.790. The smallest absolute Gasteiger partial charge is 0.379 e. The first-order chi connectivity index (χ1) is 4.99. The van der Waals surface area contributed by atoms with E-state index < -0.39 is 16.8 Å². The van der Waals surface area contributed by atoms with Gasteiger partial charge in [0.05, 0.1) is 6.61 Å². The molecule has 11 heavy (non-hydrogen) atoms. The summed E-state index contributed by atoms with van der Waals surface area (Å²) < 4.78 is 44.1. The van der Waals surface area contributed by atoms with E-state index in [-0.39, 0.29) is 6.61 Å². The lowest BCUT2D eigenvalue weighted by atomic mass is 10.7. The van der Waals surface area contributed by atoms with Gasteiger partial charge >= 0.3 is 10.5 Å². The van der Waals surface area contributed by atoms with Crippen LogP contribution in [0.4, 0.5) is 3.89 Å². The predicted octanol–water partition coefficient (Wildman–Crippen LogP) is -0.164. The third-order valence-corrected chi connectivity index (χ3v) is 1.23. The minimum absolute atomic E-state index is 0.153. The second-order valence-electron chi connectivity index (χ2n) is 1.61. The minimum atomic E-state index is -4.96. The standard InChI is InChI=1S/C4H9FO5S/c1-8-3-4(9-2)10-11(5,6)7/h4H,3H2,1-2H3. The van der Waals surface area contributed by atoms with Crippen molar-refractivity contribution in [1.29, 1.82) is 0 Å². The van der Waals surface area contributed by atoms with E-state index in [1.165, 1.54) is 14.2 Å². The van der Waals surface area contributed by atoms with E-state index >= 15 is 0 Å². The molecule has 0 aromatic carbocycles. The molecule has 0 heterocycles. The zero-order valence-electron chi connectivity index (χ0n) is 6.11. The van der Waals surface area contributed by atoms with Gasteiger partial charge in [-0.1, -0.05) is 3.89 Å². The summed E-state index contributed by atoms with van der Waals surface area (Å²) in [5.41, 5.74) is 0. The normalized spacial score (nSPS) is 14.8. The predicted molar refractivity (Wildman–Crippen MR) is 33.8 cm³/mol. The Balaban J connectivity index is 3.88. The van der Waals surface area contributed by atoms with Gasteiger partial charge in [0, 0.05) is 14.2 Å². The van der Waals surface area contributed by atoms with E-state index in [2.05, 4.69) is 13.7 Å². The first kappa shape index (κ1) is 10.8. The highest BCUT2D eigenvalue weighted by atomic mass is 32.3. The summed E-state index contributed by atoms with van der Waals surface area (Å²) in [5.74, 6) is 0. The largest absolute Gasteiger partial charge is 0.440 e. The molecule has 5 nitrogen and oxygen atoms in total. The van der Waals surface area contributed by atoms with Crippen molar-refractivity contribution in [3.8, 4) is 0 Å². The Morgan fingerprint density at radius 2 is 2.00 bits per heavy atom. The minimum Gasteiger partial charge on any atom is -0.379 e. The highest BCUT2D eigenvalue weighted by Gasteiger charge is 2.17. The van der Waals surface area contributed by atoms with Crippen LogP contribution in [0.2, 0.25) is 0 Å². The molecule has 0 bridgehead atoms. The molecule has 0 spiro atoms. The Hall–Kier alpha value is -0.240. The highest BCUT2D eigenvalue weighted by Crippen LogP contribution is 2.01. The quantitative estimate of drug-likeness (QED) is 0.443. The Morgan fingerprint density at radius 3 is 2.27 bits per heavy atom. The lowest BCUT2D eigenvalue weighted by Crippen LogP contribution is -2.22. The molecular formula is C4H9FO5S. The Morgan fingerprint density at radius 1 is 1.45 bits per heavy atom. The molecule has 1 unspecified atom stereocenters. The molecule has 0 aliphatic heterocycles. The number of hydrogen-bond acceptors (Lipinski definition) is 5. The van der Waals surface area contributed by atoms with Crippen molar-refractivity contribution in [2.75, 3.05) is 20.8 Å². The maximum atomic E-state index is 11.8. The molecule has 0 amide bonds. The van der Waals surface area contributed by atoms with Crippen LogP contribution in [0.1, 0.15) is 0 Å². The fourth-order valence-electron chi connectivity index (χ4n) is 0.399. The summed E-state index contributed by atoms with van der Waals surface area (Å²) in [4.78, 5) is 0. The van der Waals surface area contributed by atoms with Crippen LogP contribution in [0.5, 0.6) is 0 Å². The van der Waals surface area contributed by atoms with Crippen molar-refractivity contribution in [1.82, 2.24) is 0 Å². The van der Waals surface area contributed by atoms with Crippen molar-refractivity contribution >= 4 is 10.5 Å². The number of methoxy groups -OCH3 is 2. The van der Waals surface area contributed by atoms with E-state index in [1.54, 1.807) is 0 Å². The van der Waals surface area contributed by atoms with Crippen LogP contribution in [0.25, 0.3) is 0 Å². The van der Waals surface area contributed by atoms with Crippen molar-refractivity contribution in [3.05, 3.63) is 0 Å². The monoisotopic (exact) mass is 188 g/mol. The highest BCUT2D eigenvalue weighted by molar-refractivity contribution is 7.81. The molecule has 0 saturated heterocycles. The van der Waals surface area contributed by atoms with Crippen LogP contribution in [0, 0.1) is 0 Å². The van der Waals surface area contributed by atoms with Crippen LogP contribution < -0.4 is 0 Å². The molecule has 68 valence electrons. The molecule has 7 heteroatoms. The summed E-state index contributed by atoms with van der Waals surface area (Å²) in [6.07, 6.45) is -1.23. The summed E-state index contributed by atoms with van der Waals surface area (Å²) in [5, 5.41) is 0. The molecule has 1 atom stereocenters. The first-order valence-corrected chi connectivity index (χ1v) is 3.95. The fraction of sp³-hybridized carbons (Fsp3) is 1.00. The van der Waals surface area contributed by atoms with Gasteiger partial charge in [0.15, 0.2) is 0 Å². The van der Waals surface area contributed by atoms with Crippen LogP contribution in [0.3, 0.4) is 0 Å². The first-order valence-electron chi connectivity index (χ1n) is 2.64. The van der Waals surface area contributed by atoms with Crippen LogP contribution >= 0.6 is 0 Å². The number of hydrogen-bond donors (Lipinski definition) is 0. The van der Waals surface area contributed by atoms with Crippen LogP contribution in [-0.4, -0.2) is 35.5 Å². The molecule has 0 aliphatic rings. The Labute approximate surface area is 64.5 Å². The zero-order valence-corrected chi connectivity index (χ0v) is 6.93. The summed E-state index contributed by atoms with van der Waals surface area (Å²) in [6.45, 7) is -0.153. The second kappa shape index (κ2) is 4.60. The lowest BCUT2D eigenvalue weighted by molar-refractivity contribution is -0.0922. The molecule has 0 N–H and O–H groups in total. The van der Waals surface area contributed by atoms with Gasteiger partial charge in [-0.2, -0.15) is 8.42 Å². The van der Waals surface area contributed by atoms with Gasteiger partial charge in [-0.25, -0.2) is 4.18 Å². The van der Waals surface area contributed by atoms with Gasteiger partial charge in [-0.3, -0.25) is 0 Å². The lowest BCUT2D eigenvalue weighted by Gasteiger charge is -2.10. The maximum Gasteiger partial charge on any atom is 0.440 e.